The average Bonchev–Trinajstić information content (AvgIpc) is 3.06. The lowest BCUT2D eigenvalue weighted by atomic mass is 9.95. The molecule has 0 saturated heterocycles. The third-order valence-electron chi connectivity index (χ3n) is 3.85. The smallest absolute Gasteiger partial charge is 0.0589 e. The summed E-state index contributed by atoms with van der Waals surface area (Å²) in [6.45, 7) is 9.49. The van der Waals surface area contributed by atoms with E-state index in [9.17, 15) is 0 Å². The van der Waals surface area contributed by atoms with Crippen molar-refractivity contribution in [3.63, 3.8) is 0 Å². The highest BCUT2D eigenvalue weighted by Gasteiger charge is 2.39. The van der Waals surface area contributed by atoms with Crippen molar-refractivity contribution in [3.8, 4) is 0 Å². The van der Waals surface area contributed by atoms with Crippen LogP contribution < -0.4 is 5.73 Å². The standard InChI is InChI=1S/C13H28N2O/c1-5-11(2)15(8-9-16-4)10-13(3,14)12-6-7-12/h11-12H,5-10,14H2,1-4H3. The summed E-state index contributed by atoms with van der Waals surface area (Å²) in [7, 11) is 1.76. The molecule has 1 saturated carbocycles. The zero-order valence-electron chi connectivity index (χ0n) is 11.3. The van der Waals surface area contributed by atoms with E-state index >= 15 is 0 Å². The Balaban J connectivity index is 2.47. The summed E-state index contributed by atoms with van der Waals surface area (Å²) in [4.78, 5) is 2.47. The van der Waals surface area contributed by atoms with E-state index in [2.05, 4.69) is 25.7 Å². The van der Waals surface area contributed by atoms with Gasteiger partial charge in [0.05, 0.1) is 6.61 Å². The molecule has 1 fully saturated rings. The Kier molecular flexibility index (Phi) is 5.22. The summed E-state index contributed by atoms with van der Waals surface area (Å²) < 4.78 is 5.18. The summed E-state index contributed by atoms with van der Waals surface area (Å²) in [5.41, 5.74) is 6.39. The van der Waals surface area contributed by atoms with Crippen LogP contribution in [0.3, 0.4) is 0 Å². The third kappa shape index (κ3) is 4.04. The van der Waals surface area contributed by atoms with Crippen molar-refractivity contribution < 1.29 is 4.74 Å². The highest BCUT2D eigenvalue weighted by molar-refractivity contribution is 4.97. The van der Waals surface area contributed by atoms with Crippen LogP contribution >= 0.6 is 0 Å². The zero-order chi connectivity index (χ0) is 12.2. The molecular formula is C13H28N2O. The number of nitrogens with zero attached hydrogens (tertiary/aromatic N) is 1. The second-order valence-electron chi connectivity index (χ2n) is 5.50. The van der Waals surface area contributed by atoms with Gasteiger partial charge in [-0.05, 0) is 39.0 Å². The predicted octanol–water partition coefficient (Wildman–Crippen LogP) is 1.86. The second-order valence-corrected chi connectivity index (χ2v) is 5.50. The number of rotatable bonds is 8. The van der Waals surface area contributed by atoms with Gasteiger partial charge in [0, 0.05) is 31.8 Å². The quantitative estimate of drug-likeness (QED) is 0.689. The molecule has 96 valence electrons. The molecule has 0 heterocycles. The van der Waals surface area contributed by atoms with E-state index in [0.717, 1.165) is 25.6 Å². The van der Waals surface area contributed by atoms with Gasteiger partial charge in [0.25, 0.3) is 0 Å². The van der Waals surface area contributed by atoms with Crippen molar-refractivity contribution >= 4 is 0 Å². The Labute approximate surface area is 100 Å². The minimum atomic E-state index is -0.0167. The number of nitrogens with two attached hydrogens (primary N) is 1. The summed E-state index contributed by atoms with van der Waals surface area (Å²) in [6.07, 6.45) is 3.79. The Morgan fingerprint density at radius 1 is 1.50 bits per heavy atom. The summed E-state index contributed by atoms with van der Waals surface area (Å²) in [5.74, 6) is 0.738. The third-order valence-corrected chi connectivity index (χ3v) is 3.85. The highest BCUT2D eigenvalue weighted by Crippen LogP contribution is 2.38. The molecule has 0 aromatic heterocycles. The van der Waals surface area contributed by atoms with Gasteiger partial charge < -0.3 is 10.5 Å². The zero-order valence-corrected chi connectivity index (χ0v) is 11.3. The van der Waals surface area contributed by atoms with Gasteiger partial charge in [0.15, 0.2) is 0 Å². The van der Waals surface area contributed by atoms with Crippen LogP contribution in [0, 0.1) is 5.92 Å². The Morgan fingerprint density at radius 3 is 2.56 bits per heavy atom. The number of hydrogen-bond donors (Lipinski definition) is 1. The first-order chi connectivity index (χ1) is 7.51. The summed E-state index contributed by atoms with van der Waals surface area (Å²) in [5, 5.41) is 0. The number of methoxy groups -OCH3 is 1. The maximum Gasteiger partial charge on any atom is 0.0589 e. The molecule has 0 spiro atoms. The SMILES string of the molecule is CCC(C)N(CCOC)CC(C)(N)C1CC1. The van der Waals surface area contributed by atoms with E-state index in [4.69, 9.17) is 10.5 Å². The van der Waals surface area contributed by atoms with Crippen LogP contribution in [-0.4, -0.2) is 43.3 Å². The molecule has 16 heavy (non-hydrogen) atoms. The molecular weight excluding hydrogens is 200 g/mol. The van der Waals surface area contributed by atoms with Gasteiger partial charge in [0.2, 0.25) is 0 Å². The van der Waals surface area contributed by atoms with Crippen LogP contribution in [0.2, 0.25) is 0 Å². The van der Waals surface area contributed by atoms with Crippen LogP contribution in [-0.2, 0) is 4.74 Å². The molecule has 1 rings (SSSR count). The topological polar surface area (TPSA) is 38.5 Å². The van der Waals surface area contributed by atoms with Gasteiger partial charge in [-0.15, -0.1) is 0 Å². The number of hydrogen-bond acceptors (Lipinski definition) is 3. The minimum absolute atomic E-state index is 0.0167. The fourth-order valence-electron chi connectivity index (χ4n) is 2.23. The van der Waals surface area contributed by atoms with Gasteiger partial charge >= 0.3 is 0 Å². The van der Waals surface area contributed by atoms with Gasteiger partial charge in [-0.2, -0.15) is 0 Å². The molecule has 2 unspecified atom stereocenters. The summed E-state index contributed by atoms with van der Waals surface area (Å²) in [6, 6.07) is 0.594. The molecule has 0 aromatic rings. The van der Waals surface area contributed by atoms with Gasteiger partial charge in [-0.25, -0.2) is 0 Å². The highest BCUT2D eigenvalue weighted by atomic mass is 16.5. The lowest BCUT2D eigenvalue weighted by Crippen LogP contribution is -2.52. The van der Waals surface area contributed by atoms with Crippen LogP contribution in [0.5, 0.6) is 0 Å². The van der Waals surface area contributed by atoms with Gasteiger partial charge in [0.1, 0.15) is 0 Å². The van der Waals surface area contributed by atoms with Crippen molar-refractivity contribution in [1.29, 1.82) is 0 Å². The molecule has 0 amide bonds. The first-order valence-electron chi connectivity index (χ1n) is 6.53. The monoisotopic (exact) mass is 228 g/mol. The maximum absolute atomic E-state index is 6.40. The van der Waals surface area contributed by atoms with E-state index in [0.29, 0.717) is 6.04 Å². The first-order valence-corrected chi connectivity index (χ1v) is 6.53. The molecule has 3 nitrogen and oxygen atoms in total. The minimum Gasteiger partial charge on any atom is -0.383 e. The number of ether oxygens (including phenoxy) is 1. The summed E-state index contributed by atoms with van der Waals surface area (Å²) >= 11 is 0. The molecule has 0 aliphatic heterocycles. The Morgan fingerprint density at radius 2 is 2.12 bits per heavy atom. The normalized spacial score (nSPS) is 22.1. The lowest BCUT2D eigenvalue weighted by Gasteiger charge is -2.36. The van der Waals surface area contributed by atoms with Crippen molar-refractivity contribution in [2.24, 2.45) is 11.7 Å². The van der Waals surface area contributed by atoms with Crippen LogP contribution in [0.4, 0.5) is 0 Å². The lowest BCUT2D eigenvalue weighted by molar-refractivity contribution is 0.101. The fraction of sp³-hybridized carbons (Fsp3) is 1.00. The van der Waals surface area contributed by atoms with Crippen molar-refractivity contribution in [2.45, 2.75) is 51.6 Å². The molecule has 0 radical (unpaired) electrons. The van der Waals surface area contributed by atoms with E-state index in [1.807, 2.05) is 0 Å². The Bertz CT molecular complexity index is 202. The maximum atomic E-state index is 6.40. The second kappa shape index (κ2) is 5.99. The molecule has 0 aromatic carbocycles. The van der Waals surface area contributed by atoms with Gasteiger partial charge in [-0.1, -0.05) is 6.92 Å². The van der Waals surface area contributed by atoms with E-state index in [1.165, 1.54) is 19.3 Å². The molecule has 2 N–H and O–H groups in total. The fourth-order valence-corrected chi connectivity index (χ4v) is 2.23. The van der Waals surface area contributed by atoms with Crippen molar-refractivity contribution in [3.05, 3.63) is 0 Å². The van der Waals surface area contributed by atoms with Crippen LogP contribution in [0.1, 0.15) is 40.0 Å². The molecule has 1 aliphatic rings. The Hall–Kier alpha value is -0.120. The first kappa shape index (κ1) is 13.9. The van der Waals surface area contributed by atoms with Crippen molar-refractivity contribution in [2.75, 3.05) is 26.8 Å². The van der Waals surface area contributed by atoms with E-state index in [1.54, 1.807) is 7.11 Å². The van der Waals surface area contributed by atoms with Crippen molar-refractivity contribution in [1.82, 2.24) is 4.90 Å². The van der Waals surface area contributed by atoms with Gasteiger partial charge in [-0.3, -0.25) is 4.90 Å². The van der Waals surface area contributed by atoms with E-state index in [-0.39, 0.29) is 5.54 Å². The molecule has 2 atom stereocenters. The average molecular weight is 228 g/mol. The van der Waals surface area contributed by atoms with E-state index < -0.39 is 0 Å². The molecule has 1 aliphatic carbocycles. The van der Waals surface area contributed by atoms with Crippen LogP contribution in [0.15, 0.2) is 0 Å². The molecule has 0 bridgehead atoms. The predicted molar refractivity (Wildman–Crippen MR) is 68.5 cm³/mol. The van der Waals surface area contributed by atoms with Crippen LogP contribution in [0.25, 0.3) is 0 Å². The molecule has 3 heteroatoms. The largest absolute Gasteiger partial charge is 0.383 e.